The molecule has 2 aromatic heterocycles. The maximum atomic E-state index is 5.56. The molecule has 0 spiro atoms. The molecule has 0 aromatic carbocycles. The summed E-state index contributed by atoms with van der Waals surface area (Å²) in [6.45, 7) is 7.94. The van der Waals surface area contributed by atoms with E-state index in [0.717, 1.165) is 37.8 Å². The third kappa shape index (κ3) is 3.68. The Balaban J connectivity index is 1.94. The van der Waals surface area contributed by atoms with E-state index in [9.17, 15) is 0 Å². The molecule has 19 heavy (non-hydrogen) atoms. The van der Waals surface area contributed by atoms with Gasteiger partial charge in [0, 0.05) is 18.9 Å². The van der Waals surface area contributed by atoms with Gasteiger partial charge in [-0.15, -0.1) is 0 Å². The number of aromatic amines is 1. The molecule has 1 atom stereocenters. The molecule has 0 radical (unpaired) electrons. The van der Waals surface area contributed by atoms with Crippen LogP contribution in [0.25, 0.3) is 0 Å². The highest BCUT2D eigenvalue weighted by Crippen LogP contribution is 2.20. The molecule has 0 aliphatic carbocycles. The second kappa shape index (κ2) is 7.11. The fraction of sp³-hybridized carbons (Fsp3) is 0.500. The molecule has 2 rings (SSSR count). The Labute approximate surface area is 114 Å². The number of furan rings is 1. The Hall–Kier alpha value is -1.59. The molecule has 0 bridgehead atoms. The lowest BCUT2D eigenvalue weighted by atomic mass is 10.2. The number of aromatic nitrogens is 2. The number of nitrogens with zero attached hydrogens (tertiary/aromatic N) is 2. The Bertz CT molecular complexity index is 434. The van der Waals surface area contributed by atoms with Crippen LogP contribution in [0, 0.1) is 0 Å². The maximum Gasteiger partial charge on any atom is 0.122 e. The minimum absolute atomic E-state index is 0.264. The second-order valence-electron chi connectivity index (χ2n) is 4.42. The molecule has 0 amide bonds. The molecule has 5 nitrogen and oxygen atoms in total. The molecule has 0 aliphatic rings. The van der Waals surface area contributed by atoms with E-state index in [1.165, 1.54) is 0 Å². The van der Waals surface area contributed by atoms with Gasteiger partial charge in [0.05, 0.1) is 18.8 Å². The fourth-order valence-electron chi connectivity index (χ4n) is 2.28. The minimum atomic E-state index is 0.264. The summed E-state index contributed by atoms with van der Waals surface area (Å²) in [4.78, 5) is 9.68. The van der Waals surface area contributed by atoms with Gasteiger partial charge in [0.2, 0.25) is 0 Å². The topological polar surface area (TPSA) is 57.1 Å². The fourth-order valence-corrected chi connectivity index (χ4v) is 2.28. The van der Waals surface area contributed by atoms with Crippen molar-refractivity contribution in [3.63, 3.8) is 0 Å². The van der Waals surface area contributed by atoms with Crippen molar-refractivity contribution in [3.8, 4) is 0 Å². The molecule has 0 aliphatic heterocycles. The number of nitrogens with one attached hydrogen (secondary N) is 2. The summed E-state index contributed by atoms with van der Waals surface area (Å²) in [7, 11) is 0. The maximum absolute atomic E-state index is 5.56. The first-order chi connectivity index (χ1) is 9.35. The first-order valence-corrected chi connectivity index (χ1v) is 6.81. The highest BCUT2D eigenvalue weighted by Gasteiger charge is 2.19. The summed E-state index contributed by atoms with van der Waals surface area (Å²) in [6.07, 6.45) is 5.34. The average Bonchev–Trinajstić information content (AvgIpc) is 3.11. The number of rotatable bonds is 8. The summed E-state index contributed by atoms with van der Waals surface area (Å²) >= 11 is 0. The molecule has 0 saturated heterocycles. The third-order valence-electron chi connectivity index (χ3n) is 3.31. The first-order valence-electron chi connectivity index (χ1n) is 6.81. The molecule has 5 heteroatoms. The van der Waals surface area contributed by atoms with Crippen LogP contribution in [0.3, 0.4) is 0 Å². The monoisotopic (exact) mass is 262 g/mol. The highest BCUT2D eigenvalue weighted by molar-refractivity contribution is 5.05. The van der Waals surface area contributed by atoms with E-state index in [2.05, 4.69) is 34.0 Å². The van der Waals surface area contributed by atoms with Gasteiger partial charge in [-0.1, -0.05) is 13.8 Å². The number of hydrogen-bond donors (Lipinski definition) is 2. The van der Waals surface area contributed by atoms with Crippen LogP contribution in [0.15, 0.2) is 35.2 Å². The molecule has 2 aromatic rings. The van der Waals surface area contributed by atoms with Crippen molar-refractivity contribution < 1.29 is 4.42 Å². The number of likely N-dealkylation sites (N-methyl/N-ethyl adjacent to an activating group) is 1. The van der Waals surface area contributed by atoms with Crippen LogP contribution in [-0.4, -0.2) is 34.5 Å². The first kappa shape index (κ1) is 13.8. The van der Waals surface area contributed by atoms with E-state index < -0.39 is 0 Å². The zero-order valence-electron chi connectivity index (χ0n) is 11.6. The molecule has 104 valence electrons. The van der Waals surface area contributed by atoms with Crippen molar-refractivity contribution in [2.45, 2.75) is 26.4 Å². The largest absolute Gasteiger partial charge is 0.468 e. The quantitative estimate of drug-likeness (QED) is 0.765. The summed E-state index contributed by atoms with van der Waals surface area (Å²) < 4.78 is 5.56. The predicted octanol–water partition coefficient (Wildman–Crippen LogP) is 2.18. The van der Waals surface area contributed by atoms with Crippen molar-refractivity contribution in [1.29, 1.82) is 0 Å². The highest BCUT2D eigenvalue weighted by atomic mass is 16.3. The van der Waals surface area contributed by atoms with Gasteiger partial charge in [-0.25, -0.2) is 4.98 Å². The molecular formula is C14H22N4O. The number of H-pyrrole nitrogens is 1. The second-order valence-corrected chi connectivity index (χ2v) is 4.42. The third-order valence-corrected chi connectivity index (χ3v) is 3.31. The van der Waals surface area contributed by atoms with Gasteiger partial charge in [-0.05, 0) is 25.2 Å². The van der Waals surface area contributed by atoms with Gasteiger partial charge in [-0.3, -0.25) is 4.90 Å². The summed E-state index contributed by atoms with van der Waals surface area (Å²) in [5, 5.41) is 3.43. The number of hydrogen-bond acceptors (Lipinski definition) is 4. The van der Waals surface area contributed by atoms with Gasteiger partial charge in [-0.2, -0.15) is 0 Å². The zero-order chi connectivity index (χ0) is 13.5. The van der Waals surface area contributed by atoms with Gasteiger partial charge in [0.25, 0.3) is 0 Å². The van der Waals surface area contributed by atoms with Gasteiger partial charge < -0.3 is 14.7 Å². The van der Waals surface area contributed by atoms with Crippen molar-refractivity contribution in [1.82, 2.24) is 20.2 Å². The zero-order valence-corrected chi connectivity index (χ0v) is 11.6. The van der Waals surface area contributed by atoms with E-state index in [4.69, 9.17) is 4.42 Å². The number of imidazole rings is 1. The lowest BCUT2D eigenvalue weighted by Crippen LogP contribution is -2.35. The summed E-state index contributed by atoms with van der Waals surface area (Å²) in [5.74, 6) is 1.97. The van der Waals surface area contributed by atoms with E-state index >= 15 is 0 Å². The Kier molecular flexibility index (Phi) is 5.18. The van der Waals surface area contributed by atoms with E-state index in [0.29, 0.717) is 0 Å². The molecule has 1 unspecified atom stereocenters. The lowest BCUT2D eigenvalue weighted by Gasteiger charge is -2.28. The van der Waals surface area contributed by atoms with Crippen molar-refractivity contribution in [3.05, 3.63) is 42.4 Å². The average molecular weight is 262 g/mol. The van der Waals surface area contributed by atoms with Crippen LogP contribution in [0.5, 0.6) is 0 Å². The summed E-state index contributed by atoms with van der Waals surface area (Å²) in [6, 6.07) is 4.25. The van der Waals surface area contributed by atoms with Gasteiger partial charge in [0.1, 0.15) is 11.6 Å². The summed E-state index contributed by atoms with van der Waals surface area (Å²) in [5.41, 5.74) is 0. The Morgan fingerprint density at radius 2 is 2.26 bits per heavy atom. The minimum Gasteiger partial charge on any atom is -0.468 e. The van der Waals surface area contributed by atoms with Gasteiger partial charge >= 0.3 is 0 Å². The van der Waals surface area contributed by atoms with E-state index in [1.807, 2.05) is 18.3 Å². The van der Waals surface area contributed by atoms with Crippen LogP contribution in [0.1, 0.15) is 31.5 Å². The van der Waals surface area contributed by atoms with E-state index in [1.54, 1.807) is 12.5 Å². The Morgan fingerprint density at radius 1 is 1.42 bits per heavy atom. The lowest BCUT2D eigenvalue weighted by molar-refractivity contribution is 0.187. The predicted molar refractivity (Wildman–Crippen MR) is 74.7 cm³/mol. The SMILES string of the molecule is CCN(CC)C(CNCc1ncc[nH]1)c1ccco1. The van der Waals surface area contributed by atoms with E-state index in [-0.39, 0.29) is 6.04 Å². The molecule has 2 heterocycles. The standard InChI is InChI=1S/C14H22N4O/c1-3-18(4-2)12(13-6-5-9-19-13)10-15-11-14-16-7-8-17-14/h5-9,12,15H,3-4,10-11H2,1-2H3,(H,16,17). The van der Waals surface area contributed by atoms with Crippen molar-refractivity contribution in [2.24, 2.45) is 0 Å². The van der Waals surface area contributed by atoms with Crippen LogP contribution in [0.4, 0.5) is 0 Å². The van der Waals surface area contributed by atoms with Crippen molar-refractivity contribution >= 4 is 0 Å². The smallest absolute Gasteiger partial charge is 0.122 e. The molecule has 0 saturated carbocycles. The van der Waals surface area contributed by atoms with Crippen LogP contribution >= 0.6 is 0 Å². The van der Waals surface area contributed by atoms with Gasteiger partial charge in [0.15, 0.2) is 0 Å². The van der Waals surface area contributed by atoms with Crippen LogP contribution < -0.4 is 5.32 Å². The molecule has 2 N–H and O–H groups in total. The van der Waals surface area contributed by atoms with Crippen molar-refractivity contribution in [2.75, 3.05) is 19.6 Å². The normalized spacial score (nSPS) is 13.0. The van der Waals surface area contributed by atoms with Crippen LogP contribution in [-0.2, 0) is 6.54 Å². The Morgan fingerprint density at radius 3 is 2.84 bits per heavy atom. The molecule has 0 fully saturated rings. The molecular weight excluding hydrogens is 240 g/mol. The van der Waals surface area contributed by atoms with Crippen LogP contribution in [0.2, 0.25) is 0 Å².